The molecular formula is C12H15N3OS. The molecule has 0 aromatic carbocycles. The van der Waals surface area contributed by atoms with E-state index in [1.807, 2.05) is 25.4 Å². The van der Waals surface area contributed by atoms with Crippen LogP contribution in [0.15, 0.2) is 24.5 Å². The van der Waals surface area contributed by atoms with Crippen molar-refractivity contribution < 1.29 is 4.74 Å². The maximum atomic E-state index is 4.97. The summed E-state index contributed by atoms with van der Waals surface area (Å²) in [5, 5.41) is 4.12. The van der Waals surface area contributed by atoms with Crippen LogP contribution in [0.2, 0.25) is 0 Å². The zero-order valence-electron chi connectivity index (χ0n) is 9.93. The van der Waals surface area contributed by atoms with Gasteiger partial charge in [0.25, 0.3) is 0 Å². The van der Waals surface area contributed by atoms with E-state index in [2.05, 4.69) is 21.4 Å². The molecule has 0 fully saturated rings. The average molecular weight is 249 g/mol. The zero-order chi connectivity index (χ0) is 12.1. The topological polar surface area (TPSA) is 47.0 Å². The summed E-state index contributed by atoms with van der Waals surface area (Å²) in [5.74, 6) is 0. The summed E-state index contributed by atoms with van der Waals surface area (Å²) < 4.78 is 4.97. The Morgan fingerprint density at radius 2 is 2.18 bits per heavy atom. The maximum Gasteiger partial charge on any atom is 0.183 e. The Morgan fingerprint density at radius 3 is 2.88 bits per heavy atom. The molecule has 2 heterocycles. The van der Waals surface area contributed by atoms with Gasteiger partial charge in [0.1, 0.15) is 0 Å². The molecule has 0 spiro atoms. The van der Waals surface area contributed by atoms with Crippen molar-refractivity contribution in [2.75, 3.05) is 25.6 Å². The van der Waals surface area contributed by atoms with Crippen LogP contribution in [0.1, 0.15) is 5.69 Å². The second-order valence-electron chi connectivity index (χ2n) is 3.64. The van der Waals surface area contributed by atoms with E-state index in [4.69, 9.17) is 4.74 Å². The average Bonchev–Trinajstić information content (AvgIpc) is 2.79. The van der Waals surface area contributed by atoms with Crippen LogP contribution in [-0.4, -0.2) is 30.2 Å². The van der Waals surface area contributed by atoms with Gasteiger partial charge in [-0.05, 0) is 13.0 Å². The molecule has 0 aliphatic carbocycles. The predicted octanol–water partition coefficient (Wildman–Crippen LogP) is 2.57. The number of methoxy groups -OCH3 is 1. The van der Waals surface area contributed by atoms with Crippen molar-refractivity contribution >= 4 is 16.5 Å². The van der Waals surface area contributed by atoms with Crippen molar-refractivity contribution in [2.45, 2.75) is 6.92 Å². The van der Waals surface area contributed by atoms with E-state index in [9.17, 15) is 0 Å². The number of aromatic nitrogens is 2. The third-order valence-electron chi connectivity index (χ3n) is 2.28. The number of nitrogens with zero attached hydrogens (tertiary/aromatic N) is 2. The lowest BCUT2D eigenvalue weighted by Gasteiger charge is -1.99. The number of rotatable bonds is 5. The summed E-state index contributed by atoms with van der Waals surface area (Å²) in [4.78, 5) is 9.71. The van der Waals surface area contributed by atoms with Crippen molar-refractivity contribution in [3.05, 3.63) is 30.2 Å². The minimum atomic E-state index is 0.682. The highest BCUT2D eigenvalue weighted by Gasteiger charge is 2.04. The van der Waals surface area contributed by atoms with Crippen LogP contribution >= 0.6 is 11.3 Å². The number of aryl methyl sites for hydroxylation is 1. The van der Waals surface area contributed by atoms with Crippen molar-refractivity contribution in [1.82, 2.24) is 9.97 Å². The summed E-state index contributed by atoms with van der Waals surface area (Å²) in [7, 11) is 1.69. The largest absolute Gasteiger partial charge is 0.383 e. The van der Waals surface area contributed by atoms with E-state index in [-0.39, 0.29) is 0 Å². The third kappa shape index (κ3) is 3.25. The smallest absolute Gasteiger partial charge is 0.183 e. The van der Waals surface area contributed by atoms with Crippen LogP contribution in [0.4, 0.5) is 5.13 Å². The molecule has 0 bridgehead atoms. The van der Waals surface area contributed by atoms with Gasteiger partial charge in [-0.3, -0.25) is 4.98 Å². The first-order valence-electron chi connectivity index (χ1n) is 5.41. The lowest BCUT2D eigenvalue weighted by atomic mass is 10.2. The molecule has 0 atom stereocenters. The van der Waals surface area contributed by atoms with E-state index in [0.29, 0.717) is 6.61 Å². The molecule has 90 valence electrons. The molecule has 0 aliphatic heterocycles. The molecule has 0 saturated carbocycles. The van der Waals surface area contributed by atoms with Crippen LogP contribution in [0.25, 0.3) is 10.4 Å². The van der Waals surface area contributed by atoms with Crippen LogP contribution < -0.4 is 5.32 Å². The molecule has 17 heavy (non-hydrogen) atoms. The fourth-order valence-corrected chi connectivity index (χ4v) is 2.19. The van der Waals surface area contributed by atoms with E-state index < -0.39 is 0 Å². The quantitative estimate of drug-likeness (QED) is 0.827. The summed E-state index contributed by atoms with van der Waals surface area (Å²) in [6.45, 7) is 3.44. The lowest BCUT2D eigenvalue weighted by Crippen LogP contribution is -2.06. The first-order chi connectivity index (χ1) is 8.29. The Labute approximate surface area is 105 Å². The first kappa shape index (κ1) is 12.0. The number of anilines is 1. The molecule has 0 amide bonds. The van der Waals surface area contributed by atoms with E-state index in [1.54, 1.807) is 18.4 Å². The van der Waals surface area contributed by atoms with Crippen molar-refractivity contribution in [2.24, 2.45) is 0 Å². The molecule has 2 aromatic rings. The maximum absolute atomic E-state index is 4.97. The van der Waals surface area contributed by atoms with Gasteiger partial charge in [-0.15, -0.1) is 0 Å². The van der Waals surface area contributed by atoms with Crippen molar-refractivity contribution in [1.29, 1.82) is 0 Å². The number of thiazole rings is 1. The fraction of sp³-hybridized carbons (Fsp3) is 0.333. The molecule has 2 rings (SSSR count). The van der Waals surface area contributed by atoms with Gasteiger partial charge in [0.05, 0.1) is 11.5 Å². The van der Waals surface area contributed by atoms with Gasteiger partial charge in [-0.2, -0.15) is 0 Å². The second-order valence-corrected chi connectivity index (χ2v) is 4.67. The standard InChI is InChI=1S/C12H15N3OS/c1-9-3-4-10(7-14-9)11-8-15-12(17-11)13-5-6-16-2/h3-4,7-8H,5-6H2,1-2H3,(H,13,15). The molecule has 0 unspecified atom stereocenters. The van der Waals surface area contributed by atoms with E-state index in [0.717, 1.165) is 27.8 Å². The summed E-state index contributed by atoms with van der Waals surface area (Å²) in [5.41, 5.74) is 2.13. The second kappa shape index (κ2) is 5.75. The van der Waals surface area contributed by atoms with Crippen molar-refractivity contribution in [3.8, 4) is 10.4 Å². The molecule has 5 heteroatoms. The number of nitrogens with one attached hydrogen (secondary N) is 1. The molecule has 4 nitrogen and oxygen atoms in total. The number of hydrogen-bond donors (Lipinski definition) is 1. The van der Waals surface area contributed by atoms with Gasteiger partial charge >= 0.3 is 0 Å². The Hall–Kier alpha value is -1.46. The predicted molar refractivity (Wildman–Crippen MR) is 70.4 cm³/mol. The first-order valence-corrected chi connectivity index (χ1v) is 6.23. The van der Waals surface area contributed by atoms with Gasteiger partial charge in [0, 0.05) is 37.3 Å². The fourth-order valence-electron chi connectivity index (χ4n) is 1.36. The van der Waals surface area contributed by atoms with Crippen LogP contribution in [0, 0.1) is 6.92 Å². The van der Waals surface area contributed by atoms with E-state index in [1.165, 1.54) is 0 Å². The third-order valence-corrected chi connectivity index (χ3v) is 3.29. The Morgan fingerprint density at radius 1 is 1.29 bits per heavy atom. The van der Waals surface area contributed by atoms with Gasteiger partial charge in [0.2, 0.25) is 0 Å². The minimum absolute atomic E-state index is 0.682. The highest BCUT2D eigenvalue weighted by atomic mass is 32.1. The molecule has 0 aliphatic rings. The van der Waals surface area contributed by atoms with Crippen LogP contribution in [-0.2, 0) is 4.74 Å². The minimum Gasteiger partial charge on any atom is -0.383 e. The molecular weight excluding hydrogens is 234 g/mol. The number of pyridine rings is 1. The van der Waals surface area contributed by atoms with Crippen molar-refractivity contribution in [3.63, 3.8) is 0 Å². The molecule has 0 saturated heterocycles. The van der Waals surface area contributed by atoms with Gasteiger partial charge < -0.3 is 10.1 Å². The Balaban J connectivity index is 2.04. The summed E-state index contributed by atoms with van der Waals surface area (Å²) >= 11 is 1.62. The Kier molecular flexibility index (Phi) is 4.06. The summed E-state index contributed by atoms with van der Waals surface area (Å²) in [6, 6.07) is 4.07. The highest BCUT2D eigenvalue weighted by molar-refractivity contribution is 7.18. The molecule has 1 N–H and O–H groups in total. The van der Waals surface area contributed by atoms with Gasteiger partial charge in [-0.1, -0.05) is 17.4 Å². The highest BCUT2D eigenvalue weighted by Crippen LogP contribution is 2.28. The molecule has 2 aromatic heterocycles. The molecule has 0 radical (unpaired) electrons. The lowest BCUT2D eigenvalue weighted by molar-refractivity contribution is 0.211. The zero-order valence-corrected chi connectivity index (χ0v) is 10.8. The van der Waals surface area contributed by atoms with Gasteiger partial charge in [0.15, 0.2) is 5.13 Å². The van der Waals surface area contributed by atoms with E-state index >= 15 is 0 Å². The SMILES string of the molecule is COCCNc1ncc(-c2ccc(C)nc2)s1. The van der Waals surface area contributed by atoms with Crippen LogP contribution in [0.5, 0.6) is 0 Å². The summed E-state index contributed by atoms with van der Waals surface area (Å²) in [6.07, 6.45) is 3.74. The monoisotopic (exact) mass is 249 g/mol. The Bertz CT molecular complexity index is 467. The normalized spacial score (nSPS) is 10.5. The number of ether oxygens (including phenoxy) is 1. The number of hydrogen-bond acceptors (Lipinski definition) is 5. The van der Waals surface area contributed by atoms with Gasteiger partial charge in [-0.25, -0.2) is 4.98 Å². The van der Waals surface area contributed by atoms with Crippen LogP contribution in [0.3, 0.4) is 0 Å².